The van der Waals surface area contributed by atoms with E-state index < -0.39 is 9.84 Å². The van der Waals surface area contributed by atoms with Gasteiger partial charge in [-0.15, -0.1) is 0 Å². The molecule has 3 aliphatic rings. The maximum atomic E-state index is 12.3. The van der Waals surface area contributed by atoms with Crippen LogP contribution in [0.1, 0.15) is 44.9 Å². The smallest absolute Gasteiger partial charge is 0.223 e. The molecule has 2 saturated heterocycles. The van der Waals surface area contributed by atoms with Crippen molar-refractivity contribution >= 4 is 15.7 Å². The third-order valence-corrected chi connectivity index (χ3v) is 7.18. The van der Waals surface area contributed by atoms with Crippen LogP contribution in [0.5, 0.6) is 0 Å². The van der Waals surface area contributed by atoms with Gasteiger partial charge in [0.15, 0.2) is 0 Å². The molecule has 0 N–H and O–H groups in total. The molecule has 0 spiro atoms. The summed E-state index contributed by atoms with van der Waals surface area (Å²) in [4.78, 5) is 16.8. The van der Waals surface area contributed by atoms with Crippen LogP contribution < -0.4 is 0 Å². The number of hydrogen-bond acceptors (Lipinski definition) is 4. The number of amides is 1. The normalized spacial score (nSPS) is 29.6. The van der Waals surface area contributed by atoms with E-state index in [0.717, 1.165) is 19.0 Å². The minimum absolute atomic E-state index is 0.0210. The van der Waals surface area contributed by atoms with Gasteiger partial charge < -0.3 is 9.80 Å². The van der Waals surface area contributed by atoms with E-state index in [0.29, 0.717) is 11.8 Å². The van der Waals surface area contributed by atoms with Crippen LogP contribution >= 0.6 is 0 Å². The summed E-state index contributed by atoms with van der Waals surface area (Å²) < 4.78 is 22.5. The molecular weight excluding hydrogens is 324 g/mol. The lowest BCUT2D eigenvalue weighted by molar-refractivity contribution is -0.130. The topological polar surface area (TPSA) is 57.7 Å². The Morgan fingerprint density at radius 1 is 1.00 bits per heavy atom. The zero-order valence-electron chi connectivity index (χ0n) is 15.0. The van der Waals surface area contributed by atoms with Crippen LogP contribution in [-0.2, 0) is 14.6 Å². The van der Waals surface area contributed by atoms with E-state index in [-0.39, 0.29) is 18.1 Å². The van der Waals surface area contributed by atoms with Crippen LogP contribution in [-0.4, -0.2) is 68.9 Å². The number of nitrogens with zero attached hydrogens (tertiary/aromatic N) is 2. The first kappa shape index (κ1) is 18.2. The highest BCUT2D eigenvalue weighted by Crippen LogP contribution is 2.33. The van der Waals surface area contributed by atoms with Crippen molar-refractivity contribution in [1.82, 2.24) is 9.80 Å². The summed E-state index contributed by atoms with van der Waals surface area (Å²) in [7, 11) is -3.05. The summed E-state index contributed by atoms with van der Waals surface area (Å²) in [6, 6.07) is 0. The molecule has 0 unspecified atom stereocenters. The predicted molar refractivity (Wildman–Crippen MR) is 95.5 cm³/mol. The third-order valence-electron chi connectivity index (χ3n) is 6.24. The minimum atomic E-state index is -3.05. The van der Waals surface area contributed by atoms with Crippen LogP contribution in [0.4, 0.5) is 0 Å². The Hall–Kier alpha value is -0.620. The fourth-order valence-corrected chi connectivity index (χ4v) is 5.32. The van der Waals surface area contributed by atoms with Crippen molar-refractivity contribution in [3.8, 4) is 0 Å². The lowest BCUT2D eigenvalue weighted by Crippen LogP contribution is -2.33. The molecule has 1 amide bonds. The van der Waals surface area contributed by atoms with Crippen molar-refractivity contribution in [2.75, 3.05) is 44.7 Å². The Labute approximate surface area is 146 Å². The average Bonchev–Trinajstić information content (AvgIpc) is 3.13. The molecule has 3 rings (SSSR count). The molecule has 138 valence electrons. The van der Waals surface area contributed by atoms with Gasteiger partial charge in [-0.3, -0.25) is 4.79 Å². The summed E-state index contributed by atoms with van der Waals surface area (Å²) in [6.45, 7) is 5.29. The number of likely N-dealkylation sites (tertiary alicyclic amines) is 2. The van der Waals surface area contributed by atoms with E-state index in [1.807, 2.05) is 4.90 Å². The molecule has 5 nitrogen and oxygen atoms in total. The molecule has 2 heterocycles. The lowest BCUT2D eigenvalue weighted by Gasteiger charge is -2.24. The SMILES string of the molecule is CS(=O)(=O)CCC(=O)N1C[C@H]2CCN(CC3CCCC3)CC[C@H]2C1. The van der Waals surface area contributed by atoms with Crippen LogP contribution in [0, 0.1) is 17.8 Å². The van der Waals surface area contributed by atoms with Gasteiger partial charge in [0, 0.05) is 32.3 Å². The van der Waals surface area contributed by atoms with Crippen LogP contribution in [0.2, 0.25) is 0 Å². The highest BCUT2D eigenvalue weighted by atomic mass is 32.2. The number of sulfone groups is 1. The van der Waals surface area contributed by atoms with E-state index in [2.05, 4.69) is 4.90 Å². The van der Waals surface area contributed by atoms with Crippen molar-refractivity contribution in [2.24, 2.45) is 17.8 Å². The fourth-order valence-electron chi connectivity index (χ4n) is 4.78. The molecular formula is C18H32N2O3S. The van der Waals surface area contributed by atoms with Gasteiger partial charge in [0.1, 0.15) is 9.84 Å². The molecule has 0 bridgehead atoms. The summed E-state index contributed by atoms with van der Waals surface area (Å²) in [5.74, 6) is 2.14. The number of rotatable bonds is 5. The quantitative estimate of drug-likeness (QED) is 0.753. The van der Waals surface area contributed by atoms with E-state index in [1.54, 1.807) is 0 Å². The molecule has 2 atom stereocenters. The molecule has 3 fully saturated rings. The lowest BCUT2D eigenvalue weighted by atomic mass is 9.92. The fraction of sp³-hybridized carbons (Fsp3) is 0.944. The van der Waals surface area contributed by atoms with Crippen molar-refractivity contribution in [1.29, 1.82) is 0 Å². The van der Waals surface area contributed by atoms with E-state index in [9.17, 15) is 13.2 Å². The molecule has 0 aromatic rings. The van der Waals surface area contributed by atoms with Crippen molar-refractivity contribution < 1.29 is 13.2 Å². The third kappa shape index (κ3) is 4.94. The average molecular weight is 357 g/mol. The molecule has 1 saturated carbocycles. The number of carbonyl (C=O) groups is 1. The summed E-state index contributed by atoms with van der Waals surface area (Å²) >= 11 is 0. The number of hydrogen-bond donors (Lipinski definition) is 0. The molecule has 6 heteroatoms. The highest BCUT2D eigenvalue weighted by Gasteiger charge is 2.37. The van der Waals surface area contributed by atoms with Crippen molar-refractivity contribution in [3.63, 3.8) is 0 Å². The summed E-state index contributed by atoms with van der Waals surface area (Å²) in [5, 5.41) is 0. The van der Waals surface area contributed by atoms with Crippen LogP contribution in [0.15, 0.2) is 0 Å². The Balaban J connectivity index is 1.45. The van der Waals surface area contributed by atoms with Gasteiger partial charge in [-0.05, 0) is 56.5 Å². The molecule has 0 aromatic heterocycles. The monoisotopic (exact) mass is 356 g/mol. The Bertz CT molecular complexity index is 526. The van der Waals surface area contributed by atoms with Gasteiger partial charge in [0.05, 0.1) is 5.75 Å². The number of carbonyl (C=O) groups excluding carboxylic acids is 1. The molecule has 0 aromatic carbocycles. The van der Waals surface area contributed by atoms with Gasteiger partial charge in [0.25, 0.3) is 0 Å². The zero-order valence-corrected chi connectivity index (χ0v) is 15.8. The van der Waals surface area contributed by atoms with E-state index >= 15 is 0 Å². The first-order valence-electron chi connectivity index (χ1n) is 9.58. The molecule has 0 radical (unpaired) electrons. The number of fused-ring (bicyclic) bond motifs is 1. The van der Waals surface area contributed by atoms with Gasteiger partial charge in [-0.2, -0.15) is 0 Å². The Morgan fingerprint density at radius 3 is 2.12 bits per heavy atom. The Kier molecular flexibility index (Phi) is 5.85. The van der Waals surface area contributed by atoms with E-state index in [4.69, 9.17) is 0 Å². The van der Waals surface area contributed by atoms with Gasteiger partial charge in [-0.25, -0.2) is 8.42 Å². The largest absolute Gasteiger partial charge is 0.342 e. The second-order valence-electron chi connectivity index (χ2n) is 8.23. The molecule has 2 aliphatic heterocycles. The molecule has 1 aliphatic carbocycles. The second-order valence-corrected chi connectivity index (χ2v) is 10.5. The predicted octanol–water partition coefficient (Wildman–Crippen LogP) is 1.78. The summed E-state index contributed by atoms with van der Waals surface area (Å²) in [5.41, 5.74) is 0. The van der Waals surface area contributed by atoms with Gasteiger partial charge >= 0.3 is 0 Å². The van der Waals surface area contributed by atoms with Crippen molar-refractivity contribution in [2.45, 2.75) is 44.9 Å². The van der Waals surface area contributed by atoms with Crippen molar-refractivity contribution in [3.05, 3.63) is 0 Å². The van der Waals surface area contributed by atoms with Gasteiger partial charge in [-0.1, -0.05) is 12.8 Å². The maximum Gasteiger partial charge on any atom is 0.223 e. The first-order chi connectivity index (χ1) is 11.4. The second kappa shape index (κ2) is 7.73. The van der Waals surface area contributed by atoms with Gasteiger partial charge in [0.2, 0.25) is 5.91 Å². The minimum Gasteiger partial charge on any atom is -0.342 e. The van der Waals surface area contributed by atoms with E-state index in [1.165, 1.54) is 64.4 Å². The first-order valence-corrected chi connectivity index (χ1v) is 11.6. The Morgan fingerprint density at radius 2 is 1.58 bits per heavy atom. The highest BCUT2D eigenvalue weighted by molar-refractivity contribution is 7.90. The zero-order chi connectivity index (χ0) is 17.2. The van der Waals surface area contributed by atoms with Crippen LogP contribution in [0.25, 0.3) is 0 Å². The standard InChI is InChI=1S/C18H32N2O3S/c1-24(22,23)11-8-18(21)20-13-16-6-9-19(10-7-17(16)14-20)12-15-4-2-3-5-15/h15-17H,2-14H2,1H3/t16-,17+. The maximum absolute atomic E-state index is 12.3. The molecule has 24 heavy (non-hydrogen) atoms. The summed E-state index contributed by atoms with van der Waals surface area (Å²) in [6.07, 6.45) is 9.36. The van der Waals surface area contributed by atoms with Crippen LogP contribution in [0.3, 0.4) is 0 Å².